The van der Waals surface area contributed by atoms with Crippen molar-refractivity contribution in [3.8, 4) is 0 Å². The van der Waals surface area contributed by atoms with Gasteiger partial charge in [-0.05, 0) is 46.0 Å². The number of fused-ring (bicyclic) bond motifs is 1. The summed E-state index contributed by atoms with van der Waals surface area (Å²) in [5, 5.41) is 14.9. The molecule has 2 bridgehead atoms. The summed E-state index contributed by atoms with van der Waals surface area (Å²) in [4.78, 5) is 41.3. The van der Waals surface area contributed by atoms with E-state index in [0.717, 1.165) is 32.1 Å². The molecule has 2 unspecified atom stereocenters. The second kappa shape index (κ2) is 9.64. The van der Waals surface area contributed by atoms with E-state index in [2.05, 4.69) is 10.6 Å². The maximum absolute atomic E-state index is 13.5. The molecule has 5 atom stereocenters. The number of likely N-dealkylation sites (tertiary alicyclic amines) is 1. The first kappa shape index (κ1) is 23.0. The van der Waals surface area contributed by atoms with E-state index in [1.807, 2.05) is 20.8 Å². The first-order chi connectivity index (χ1) is 14.4. The zero-order chi connectivity index (χ0) is 21.9. The Kier molecular flexibility index (Phi) is 7.39. The average Bonchev–Trinajstić information content (AvgIpc) is 3.33. The number of nitrogens with one attached hydrogen (secondary N) is 2. The number of aliphatic hydroxyl groups excluding tert-OH is 1. The highest BCUT2D eigenvalue weighted by Crippen LogP contribution is 2.58. The lowest BCUT2D eigenvalue weighted by Crippen LogP contribution is -2.56. The van der Waals surface area contributed by atoms with Crippen LogP contribution >= 0.6 is 0 Å². The summed E-state index contributed by atoms with van der Waals surface area (Å²) in [5.74, 6) is -1.55. The molecule has 0 aliphatic carbocycles. The lowest BCUT2D eigenvalue weighted by Gasteiger charge is -2.34. The van der Waals surface area contributed by atoms with E-state index in [-0.39, 0.29) is 36.5 Å². The third-order valence-electron chi connectivity index (χ3n) is 6.64. The lowest BCUT2D eigenvalue weighted by atomic mass is 9.70. The fourth-order valence-corrected chi connectivity index (χ4v) is 5.47. The van der Waals surface area contributed by atoms with E-state index in [1.165, 1.54) is 0 Å². The number of ether oxygens (including phenoxy) is 1. The van der Waals surface area contributed by atoms with Crippen LogP contribution in [0.1, 0.15) is 65.7 Å². The van der Waals surface area contributed by atoms with Gasteiger partial charge in [0, 0.05) is 25.7 Å². The van der Waals surface area contributed by atoms with Gasteiger partial charge in [0.25, 0.3) is 0 Å². The average molecular weight is 424 g/mol. The zero-order valence-electron chi connectivity index (χ0n) is 18.5. The fraction of sp³-hybridized carbons (Fsp3) is 0.864. The van der Waals surface area contributed by atoms with E-state index in [1.54, 1.807) is 4.90 Å². The van der Waals surface area contributed by atoms with Crippen molar-refractivity contribution in [3.63, 3.8) is 0 Å². The molecule has 1 spiro atoms. The van der Waals surface area contributed by atoms with Crippen LogP contribution in [0.25, 0.3) is 0 Å². The number of carbonyl (C=O) groups excluding carboxylic acids is 3. The van der Waals surface area contributed by atoms with Gasteiger partial charge >= 0.3 is 0 Å². The Morgan fingerprint density at radius 2 is 1.97 bits per heavy atom. The molecule has 3 aliphatic heterocycles. The second-order valence-electron chi connectivity index (χ2n) is 9.18. The van der Waals surface area contributed by atoms with Gasteiger partial charge in [0.15, 0.2) is 0 Å². The summed E-state index contributed by atoms with van der Waals surface area (Å²) in [7, 11) is 0. The van der Waals surface area contributed by atoms with Gasteiger partial charge in [-0.15, -0.1) is 0 Å². The van der Waals surface area contributed by atoms with Crippen LogP contribution < -0.4 is 10.6 Å². The van der Waals surface area contributed by atoms with E-state index in [0.29, 0.717) is 25.9 Å². The topological polar surface area (TPSA) is 108 Å². The molecule has 0 aromatic heterocycles. The summed E-state index contributed by atoms with van der Waals surface area (Å²) >= 11 is 0. The van der Waals surface area contributed by atoms with E-state index in [9.17, 15) is 14.4 Å². The van der Waals surface area contributed by atoms with Gasteiger partial charge in [-0.25, -0.2) is 0 Å². The number of aliphatic hydroxyl groups is 1. The first-order valence-corrected chi connectivity index (χ1v) is 11.5. The van der Waals surface area contributed by atoms with Crippen molar-refractivity contribution in [3.05, 3.63) is 0 Å². The highest BCUT2D eigenvalue weighted by atomic mass is 16.5. The summed E-state index contributed by atoms with van der Waals surface area (Å²) in [6, 6.07) is -0.735. The Hall–Kier alpha value is -1.67. The number of hydrogen-bond acceptors (Lipinski definition) is 5. The van der Waals surface area contributed by atoms with Gasteiger partial charge in [-0.1, -0.05) is 19.8 Å². The highest BCUT2D eigenvalue weighted by Gasteiger charge is 2.74. The van der Waals surface area contributed by atoms with Gasteiger partial charge in [-0.2, -0.15) is 0 Å². The Morgan fingerprint density at radius 1 is 1.23 bits per heavy atom. The molecule has 0 aromatic carbocycles. The number of amides is 3. The molecule has 8 heteroatoms. The largest absolute Gasteiger partial charge is 0.396 e. The summed E-state index contributed by atoms with van der Waals surface area (Å²) < 4.78 is 6.34. The molecule has 3 aliphatic rings. The molecule has 0 aromatic rings. The van der Waals surface area contributed by atoms with Gasteiger partial charge in [-0.3, -0.25) is 14.4 Å². The molecule has 3 heterocycles. The summed E-state index contributed by atoms with van der Waals surface area (Å²) in [6.45, 7) is 6.99. The minimum atomic E-state index is -0.903. The molecule has 3 rings (SSSR count). The Bertz CT molecular complexity index is 655. The Balaban J connectivity index is 1.83. The highest BCUT2D eigenvalue weighted by molar-refractivity contribution is 5.98. The third kappa shape index (κ3) is 4.08. The van der Waals surface area contributed by atoms with Crippen LogP contribution in [-0.4, -0.2) is 71.2 Å². The molecule has 3 fully saturated rings. The first-order valence-electron chi connectivity index (χ1n) is 11.5. The van der Waals surface area contributed by atoms with Crippen molar-refractivity contribution < 1.29 is 24.2 Å². The van der Waals surface area contributed by atoms with E-state index < -0.39 is 23.5 Å². The summed E-state index contributed by atoms with van der Waals surface area (Å²) in [6.07, 6.45) is 5.12. The van der Waals surface area contributed by atoms with Crippen LogP contribution in [-0.2, 0) is 19.1 Å². The van der Waals surface area contributed by atoms with Crippen molar-refractivity contribution in [2.45, 2.75) is 89.5 Å². The minimum absolute atomic E-state index is 0.0447. The predicted octanol–water partition coefficient (Wildman–Crippen LogP) is 0.965. The normalized spacial score (nSPS) is 32.0. The maximum atomic E-state index is 13.5. The van der Waals surface area contributed by atoms with Crippen LogP contribution in [0, 0.1) is 11.8 Å². The number of unbranched alkanes of at least 4 members (excludes halogenated alkanes) is 3. The smallest absolute Gasteiger partial charge is 0.246 e. The molecule has 3 N–H and O–H groups in total. The molecule has 0 radical (unpaired) electrons. The molecular weight excluding hydrogens is 386 g/mol. The minimum Gasteiger partial charge on any atom is -0.396 e. The van der Waals surface area contributed by atoms with Crippen LogP contribution in [0.4, 0.5) is 0 Å². The van der Waals surface area contributed by atoms with Crippen molar-refractivity contribution in [1.29, 1.82) is 0 Å². The van der Waals surface area contributed by atoms with Gasteiger partial charge in [0.1, 0.15) is 11.6 Å². The molecule has 3 saturated heterocycles. The standard InChI is InChI=1S/C22H37N3O5/c1-4-11-23-19(27)16-15-9-10-22(30-15)17(16)21(29)25(12-7-5-6-8-13-26)18(22)20(28)24-14(2)3/h14-18,26H,4-13H2,1-3H3,(H,23,27)(H,24,28)/t15-,16+,17-,18?,22?/m0/s1. The van der Waals surface area contributed by atoms with Crippen LogP contribution in [0.3, 0.4) is 0 Å². The zero-order valence-corrected chi connectivity index (χ0v) is 18.5. The number of carbonyl (C=O) groups is 3. The maximum Gasteiger partial charge on any atom is 0.246 e. The van der Waals surface area contributed by atoms with Gasteiger partial charge in [0.2, 0.25) is 17.7 Å². The van der Waals surface area contributed by atoms with Gasteiger partial charge < -0.3 is 25.4 Å². The molecule has 3 amide bonds. The van der Waals surface area contributed by atoms with Crippen LogP contribution in [0.2, 0.25) is 0 Å². The monoisotopic (exact) mass is 423 g/mol. The van der Waals surface area contributed by atoms with Crippen LogP contribution in [0.15, 0.2) is 0 Å². The lowest BCUT2D eigenvalue weighted by molar-refractivity contribution is -0.142. The predicted molar refractivity (Wildman–Crippen MR) is 111 cm³/mol. The van der Waals surface area contributed by atoms with Crippen molar-refractivity contribution in [1.82, 2.24) is 15.5 Å². The number of hydrogen-bond donors (Lipinski definition) is 3. The SMILES string of the molecule is CCCNC(=O)[C@@H]1[C@@H]2CCC3(O2)C(C(=O)NC(C)C)N(CCCCCCO)C(=O)[C@H]13. The van der Waals surface area contributed by atoms with Crippen molar-refractivity contribution >= 4 is 17.7 Å². The van der Waals surface area contributed by atoms with Crippen molar-refractivity contribution in [2.75, 3.05) is 19.7 Å². The van der Waals surface area contributed by atoms with Crippen molar-refractivity contribution in [2.24, 2.45) is 11.8 Å². The molecular formula is C22H37N3O5. The van der Waals surface area contributed by atoms with Gasteiger partial charge in [0.05, 0.1) is 17.9 Å². The van der Waals surface area contributed by atoms with E-state index in [4.69, 9.17) is 9.84 Å². The quantitative estimate of drug-likeness (QED) is 0.429. The molecule has 30 heavy (non-hydrogen) atoms. The molecule has 8 nitrogen and oxygen atoms in total. The Labute approximate surface area is 179 Å². The summed E-state index contributed by atoms with van der Waals surface area (Å²) in [5.41, 5.74) is -0.903. The van der Waals surface area contributed by atoms with E-state index >= 15 is 0 Å². The third-order valence-corrected chi connectivity index (χ3v) is 6.64. The second-order valence-corrected chi connectivity index (χ2v) is 9.18. The number of nitrogens with zero attached hydrogens (tertiary/aromatic N) is 1. The molecule has 170 valence electrons. The Morgan fingerprint density at radius 3 is 2.63 bits per heavy atom. The number of rotatable bonds is 11. The molecule has 0 saturated carbocycles. The van der Waals surface area contributed by atoms with Crippen LogP contribution in [0.5, 0.6) is 0 Å². The fourth-order valence-electron chi connectivity index (χ4n) is 5.47.